The molecule has 0 aromatic rings. The zero-order valence-corrected chi connectivity index (χ0v) is 8.77. The van der Waals surface area contributed by atoms with E-state index in [1.165, 1.54) is 12.8 Å². The zero-order valence-electron chi connectivity index (χ0n) is 8.77. The summed E-state index contributed by atoms with van der Waals surface area (Å²) in [6, 6.07) is 2.48. The first kappa shape index (κ1) is 10.3. The maximum Gasteiger partial charge on any atom is 0.0693 e. The van der Waals surface area contributed by atoms with Gasteiger partial charge in [0.25, 0.3) is 0 Å². The van der Waals surface area contributed by atoms with Crippen LogP contribution in [0.4, 0.5) is 0 Å². The van der Waals surface area contributed by atoms with Gasteiger partial charge in [-0.25, -0.2) is 0 Å². The lowest BCUT2D eigenvalue weighted by molar-refractivity contribution is 0.148. The van der Waals surface area contributed by atoms with E-state index in [1.54, 1.807) is 0 Å². The van der Waals surface area contributed by atoms with Crippen LogP contribution in [-0.4, -0.2) is 0 Å². The molecule has 1 aliphatic carbocycles. The molecule has 0 radical (unpaired) electrons. The highest BCUT2D eigenvalue weighted by Crippen LogP contribution is 2.46. The van der Waals surface area contributed by atoms with Crippen LogP contribution in [0, 0.1) is 22.2 Å². The van der Waals surface area contributed by atoms with E-state index in [1.807, 2.05) is 6.08 Å². The van der Waals surface area contributed by atoms with Gasteiger partial charge in [-0.2, -0.15) is 5.26 Å². The maximum absolute atomic E-state index is 9.15. The van der Waals surface area contributed by atoms with Gasteiger partial charge in [-0.05, 0) is 37.5 Å². The molecule has 0 unspecified atom stereocenters. The van der Waals surface area contributed by atoms with Crippen molar-refractivity contribution < 1.29 is 0 Å². The molecule has 1 aliphatic rings. The lowest BCUT2D eigenvalue weighted by Gasteiger charge is -2.38. The quantitative estimate of drug-likeness (QED) is 0.590. The Balaban J connectivity index is 2.64. The maximum atomic E-state index is 9.15. The number of nitrogens with zero attached hydrogens (tertiary/aromatic N) is 1. The largest absolute Gasteiger partial charge is 0.198 e. The van der Waals surface area contributed by atoms with Gasteiger partial charge in [0.05, 0.1) is 11.5 Å². The van der Waals surface area contributed by atoms with E-state index in [-0.39, 0.29) is 5.41 Å². The molecule has 13 heavy (non-hydrogen) atoms. The zero-order chi connectivity index (χ0) is 9.95. The van der Waals surface area contributed by atoms with Crippen LogP contribution in [0.25, 0.3) is 0 Å². The summed E-state index contributed by atoms with van der Waals surface area (Å²) >= 11 is 0. The molecule has 1 saturated carbocycles. The van der Waals surface area contributed by atoms with Gasteiger partial charge in [0.2, 0.25) is 0 Å². The lowest BCUT2D eigenvalue weighted by atomic mass is 9.64. The van der Waals surface area contributed by atoms with Crippen molar-refractivity contribution in [2.75, 3.05) is 0 Å². The van der Waals surface area contributed by atoms with Crippen molar-refractivity contribution in [3.05, 3.63) is 12.7 Å². The molecule has 72 valence electrons. The van der Waals surface area contributed by atoms with Gasteiger partial charge in [0, 0.05) is 0 Å². The predicted octanol–water partition coefficient (Wildman–Crippen LogP) is 3.67. The third kappa shape index (κ3) is 2.34. The van der Waals surface area contributed by atoms with E-state index in [0.29, 0.717) is 5.41 Å². The third-order valence-corrected chi connectivity index (χ3v) is 3.33. The summed E-state index contributed by atoms with van der Waals surface area (Å²) in [5.41, 5.74) is 0.360. The average Bonchev–Trinajstić information content (AvgIpc) is 2.10. The Morgan fingerprint density at radius 3 is 2.23 bits per heavy atom. The minimum absolute atomic E-state index is 0.0860. The number of allylic oxidation sites excluding steroid dienone is 1. The van der Waals surface area contributed by atoms with Crippen molar-refractivity contribution in [3.63, 3.8) is 0 Å². The Hall–Kier alpha value is -0.770. The third-order valence-electron chi connectivity index (χ3n) is 3.33. The molecule has 1 heteroatoms. The smallest absolute Gasteiger partial charge is 0.0693 e. The summed E-state index contributed by atoms with van der Waals surface area (Å²) in [7, 11) is 0. The van der Waals surface area contributed by atoms with Crippen molar-refractivity contribution in [2.45, 2.75) is 46.0 Å². The van der Waals surface area contributed by atoms with Crippen molar-refractivity contribution in [1.29, 1.82) is 5.26 Å². The Labute approximate surface area is 81.5 Å². The average molecular weight is 177 g/mol. The molecule has 1 fully saturated rings. The highest BCUT2D eigenvalue weighted by Gasteiger charge is 2.37. The van der Waals surface area contributed by atoms with E-state index in [4.69, 9.17) is 5.26 Å². The summed E-state index contributed by atoms with van der Waals surface area (Å²) in [5.74, 6) is 0. The monoisotopic (exact) mass is 177 g/mol. The SMILES string of the molecule is C=CCC1(C#N)CCC(C)(C)CC1. The number of rotatable bonds is 2. The van der Waals surface area contributed by atoms with Crippen LogP contribution in [0.15, 0.2) is 12.7 Å². The number of hydrogen-bond donors (Lipinski definition) is 0. The normalized spacial score (nSPS) is 24.7. The van der Waals surface area contributed by atoms with Crippen LogP contribution in [0.2, 0.25) is 0 Å². The van der Waals surface area contributed by atoms with Gasteiger partial charge in [-0.1, -0.05) is 19.9 Å². The van der Waals surface area contributed by atoms with E-state index in [0.717, 1.165) is 19.3 Å². The van der Waals surface area contributed by atoms with Gasteiger partial charge in [-0.3, -0.25) is 0 Å². The molecule has 0 spiro atoms. The van der Waals surface area contributed by atoms with Crippen LogP contribution in [0.5, 0.6) is 0 Å². The molecule has 0 saturated heterocycles. The predicted molar refractivity (Wildman–Crippen MR) is 55.1 cm³/mol. The van der Waals surface area contributed by atoms with Crippen molar-refractivity contribution in [2.24, 2.45) is 10.8 Å². The second-order valence-electron chi connectivity index (χ2n) is 5.05. The molecular weight excluding hydrogens is 158 g/mol. The van der Waals surface area contributed by atoms with Gasteiger partial charge in [0.15, 0.2) is 0 Å². The van der Waals surface area contributed by atoms with E-state index < -0.39 is 0 Å². The van der Waals surface area contributed by atoms with Crippen LogP contribution in [-0.2, 0) is 0 Å². The highest BCUT2D eigenvalue weighted by atomic mass is 14.4. The molecule has 0 atom stereocenters. The highest BCUT2D eigenvalue weighted by molar-refractivity contribution is 5.05. The molecule has 0 aliphatic heterocycles. The number of nitriles is 1. The van der Waals surface area contributed by atoms with E-state index >= 15 is 0 Å². The molecule has 1 rings (SSSR count). The Morgan fingerprint density at radius 2 is 1.85 bits per heavy atom. The Morgan fingerprint density at radius 1 is 1.31 bits per heavy atom. The van der Waals surface area contributed by atoms with Crippen LogP contribution < -0.4 is 0 Å². The first-order valence-electron chi connectivity index (χ1n) is 5.06. The van der Waals surface area contributed by atoms with Crippen molar-refractivity contribution in [3.8, 4) is 6.07 Å². The first-order chi connectivity index (χ1) is 6.04. The summed E-state index contributed by atoms with van der Waals surface area (Å²) in [6.07, 6.45) is 7.19. The fourth-order valence-corrected chi connectivity index (χ4v) is 2.04. The molecule has 0 aromatic carbocycles. The van der Waals surface area contributed by atoms with E-state index in [9.17, 15) is 0 Å². The van der Waals surface area contributed by atoms with Gasteiger partial charge >= 0.3 is 0 Å². The number of hydrogen-bond acceptors (Lipinski definition) is 1. The summed E-state index contributed by atoms with van der Waals surface area (Å²) < 4.78 is 0. The molecule has 0 aromatic heterocycles. The van der Waals surface area contributed by atoms with Crippen LogP contribution in [0.3, 0.4) is 0 Å². The van der Waals surface area contributed by atoms with E-state index in [2.05, 4.69) is 26.5 Å². The molecule has 1 nitrogen and oxygen atoms in total. The second-order valence-corrected chi connectivity index (χ2v) is 5.05. The molecule has 0 bridgehead atoms. The minimum Gasteiger partial charge on any atom is -0.198 e. The van der Waals surface area contributed by atoms with Crippen LogP contribution in [0.1, 0.15) is 46.0 Å². The summed E-state index contributed by atoms with van der Waals surface area (Å²) in [4.78, 5) is 0. The summed E-state index contributed by atoms with van der Waals surface area (Å²) in [6.45, 7) is 8.32. The fraction of sp³-hybridized carbons (Fsp3) is 0.750. The Bertz CT molecular complexity index is 222. The van der Waals surface area contributed by atoms with Crippen molar-refractivity contribution >= 4 is 0 Å². The Kier molecular flexibility index (Phi) is 2.81. The van der Waals surface area contributed by atoms with Gasteiger partial charge in [0.1, 0.15) is 0 Å². The van der Waals surface area contributed by atoms with Crippen LogP contribution >= 0.6 is 0 Å². The standard InChI is InChI=1S/C12H19N/c1-4-5-12(10-13)8-6-11(2,3)7-9-12/h4H,1,5-9H2,2-3H3. The molecule has 0 amide bonds. The minimum atomic E-state index is -0.0860. The summed E-state index contributed by atoms with van der Waals surface area (Å²) in [5, 5.41) is 9.15. The fourth-order valence-electron chi connectivity index (χ4n) is 2.04. The lowest BCUT2D eigenvalue weighted by Crippen LogP contribution is -2.29. The molecule has 0 heterocycles. The van der Waals surface area contributed by atoms with Gasteiger partial charge < -0.3 is 0 Å². The van der Waals surface area contributed by atoms with Crippen molar-refractivity contribution in [1.82, 2.24) is 0 Å². The van der Waals surface area contributed by atoms with Gasteiger partial charge in [-0.15, -0.1) is 6.58 Å². The molecule has 0 N–H and O–H groups in total. The second kappa shape index (κ2) is 3.54. The molecular formula is C12H19N. The first-order valence-corrected chi connectivity index (χ1v) is 5.06. The topological polar surface area (TPSA) is 23.8 Å².